The van der Waals surface area contributed by atoms with Crippen molar-refractivity contribution in [2.45, 2.75) is 12.8 Å². The van der Waals surface area contributed by atoms with E-state index in [4.69, 9.17) is 0 Å². The molecule has 0 heterocycles. The largest absolute Gasteiger partial charge is 0.0764 e. The van der Waals surface area contributed by atoms with Crippen LogP contribution in [0.25, 0.3) is 5.57 Å². The zero-order valence-electron chi connectivity index (χ0n) is 12.2. The van der Waals surface area contributed by atoms with Crippen LogP contribution in [0.15, 0.2) is 84.5 Å². The van der Waals surface area contributed by atoms with Crippen molar-refractivity contribution >= 4 is 5.57 Å². The summed E-state index contributed by atoms with van der Waals surface area (Å²) in [7, 11) is 0. The molecule has 102 valence electrons. The zero-order valence-corrected chi connectivity index (χ0v) is 12.2. The van der Waals surface area contributed by atoms with Gasteiger partial charge >= 0.3 is 0 Å². The van der Waals surface area contributed by atoms with E-state index in [1.165, 1.54) is 27.8 Å². The van der Waals surface area contributed by atoms with Crippen LogP contribution in [0.1, 0.15) is 29.5 Å². The molecule has 2 atom stereocenters. The number of rotatable bonds is 1. The molecule has 2 aliphatic carbocycles. The summed E-state index contributed by atoms with van der Waals surface area (Å²) in [5.74, 6) is 1.02. The molecule has 0 N–H and O–H groups in total. The Hall–Kier alpha value is -2.34. The summed E-state index contributed by atoms with van der Waals surface area (Å²) in [5, 5.41) is 0. The number of benzene rings is 2. The molecule has 0 amide bonds. The highest BCUT2D eigenvalue weighted by Crippen LogP contribution is 2.46. The Kier molecular flexibility index (Phi) is 2.89. The van der Waals surface area contributed by atoms with E-state index < -0.39 is 0 Å². The summed E-state index contributed by atoms with van der Waals surface area (Å²) in [5.41, 5.74) is 7.02. The van der Waals surface area contributed by atoms with Crippen LogP contribution in [0.4, 0.5) is 0 Å². The van der Waals surface area contributed by atoms with E-state index in [1.807, 2.05) is 0 Å². The zero-order chi connectivity index (χ0) is 14.2. The molecule has 0 aromatic heterocycles. The van der Waals surface area contributed by atoms with E-state index in [1.54, 1.807) is 0 Å². The first-order valence-electron chi connectivity index (χ1n) is 7.60. The van der Waals surface area contributed by atoms with Gasteiger partial charge in [0.1, 0.15) is 0 Å². The van der Waals surface area contributed by atoms with Gasteiger partial charge in [0.25, 0.3) is 0 Å². The monoisotopic (exact) mass is 270 g/mol. The smallest absolute Gasteiger partial charge is 0.00937 e. The average Bonchev–Trinajstić information content (AvgIpc) is 2.56. The van der Waals surface area contributed by atoms with E-state index in [0.29, 0.717) is 11.8 Å². The first-order valence-corrected chi connectivity index (χ1v) is 7.60. The molecule has 0 saturated carbocycles. The fourth-order valence-corrected chi connectivity index (χ4v) is 3.64. The third kappa shape index (κ3) is 1.91. The third-order valence-corrected chi connectivity index (χ3v) is 4.67. The highest BCUT2D eigenvalue weighted by molar-refractivity contribution is 5.87. The quantitative estimate of drug-likeness (QED) is 0.655. The topological polar surface area (TPSA) is 0 Å². The second-order valence-electron chi connectivity index (χ2n) is 5.84. The molecule has 0 heteroatoms. The van der Waals surface area contributed by atoms with Gasteiger partial charge in [-0.3, -0.25) is 0 Å². The molecule has 0 spiro atoms. The van der Waals surface area contributed by atoms with Gasteiger partial charge in [-0.15, -0.1) is 0 Å². The van der Waals surface area contributed by atoms with E-state index in [9.17, 15) is 0 Å². The van der Waals surface area contributed by atoms with Gasteiger partial charge in [-0.2, -0.15) is 0 Å². The molecule has 2 aromatic carbocycles. The molecule has 0 fully saturated rings. The molecule has 0 radical (unpaired) electrons. The lowest BCUT2D eigenvalue weighted by molar-refractivity contribution is 0.614. The third-order valence-electron chi connectivity index (χ3n) is 4.67. The summed E-state index contributed by atoms with van der Waals surface area (Å²) in [4.78, 5) is 0. The van der Waals surface area contributed by atoms with Gasteiger partial charge in [-0.05, 0) is 33.8 Å². The Balaban J connectivity index is 2.04. The highest BCUT2D eigenvalue weighted by atomic mass is 14.3. The lowest BCUT2D eigenvalue weighted by atomic mass is 9.69. The first kappa shape index (κ1) is 12.4. The van der Waals surface area contributed by atoms with Crippen LogP contribution < -0.4 is 0 Å². The lowest BCUT2D eigenvalue weighted by Gasteiger charge is -2.34. The second kappa shape index (κ2) is 4.89. The molecule has 0 nitrogen and oxygen atoms in total. The van der Waals surface area contributed by atoms with Gasteiger partial charge in [0, 0.05) is 5.92 Å². The Labute approximate surface area is 126 Å². The van der Waals surface area contributed by atoms with Crippen molar-refractivity contribution in [3.63, 3.8) is 0 Å². The van der Waals surface area contributed by atoms with Gasteiger partial charge in [0.05, 0.1) is 0 Å². The van der Waals surface area contributed by atoms with E-state index >= 15 is 0 Å². The second-order valence-corrected chi connectivity index (χ2v) is 5.84. The number of hydrogen-bond acceptors (Lipinski definition) is 0. The van der Waals surface area contributed by atoms with Crippen LogP contribution in [0.3, 0.4) is 0 Å². The normalized spacial score (nSPS) is 22.9. The molecule has 2 aliphatic rings. The fourth-order valence-electron chi connectivity index (χ4n) is 3.64. The maximum atomic E-state index is 2.35. The minimum atomic E-state index is 0.486. The van der Waals surface area contributed by atoms with Crippen LogP contribution in [-0.2, 0) is 0 Å². The van der Waals surface area contributed by atoms with E-state index in [0.717, 1.165) is 0 Å². The van der Waals surface area contributed by atoms with Crippen molar-refractivity contribution in [2.24, 2.45) is 5.92 Å². The molecule has 0 bridgehead atoms. The molecular weight excluding hydrogens is 252 g/mol. The van der Waals surface area contributed by atoms with Gasteiger partial charge < -0.3 is 0 Å². The van der Waals surface area contributed by atoms with Crippen LogP contribution in [0, 0.1) is 5.92 Å². The average molecular weight is 270 g/mol. The summed E-state index contributed by atoms with van der Waals surface area (Å²) >= 11 is 0. The van der Waals surface area contributed by atoms with Crippen molar-refractivity contribution in [2.75, 3.05) is 0 Å². The summed E-state index contributed by atoms with van der Waals surface area (Å²) in [6, 6.07) is 19.6. The van der Waals surface area contributed by atoms with Crippen molar-refractivity contribution in [3.05, 3.63) is 101 Å². The van der Waals surface area contributed by atoms with Gasteiger partial charge in [0.2, 0.25) is 0 Å². The summed E-state index contributed by atoms with van der Waals surface area (Å²) < 4.78 is 0. The standard InChI is InChI=1S/C21H18/c1-15-17-11-5-7-13-19(17)21(16-9-3-2-4-10-16)20-14-8-6-12-18(15)20/h2-15,17H,1H3. The van der Waals surface area contributed by atoms with Crippen molar-refractivity contribution < 1.29 is 0 Å². The Morgan fingerprint density at radius 1 is 0.810 bits per heavy atom. The van der Waals surface area contributed by atoms with Crippen molar-refractivity contribution in [1.82, 2.24) is 0 Å². The van der Waals surface area contributed by atoms with E-state index in [2.05, 4.69) is 85.8 Å². The summed E-state index contributed by atoms with van der Waals surface area (Å²) in [6.07, 6.45) is 8.98. The first-order chi connectivity index (χ1) is 10.4. The van der Waals surface area contributed by atoms with Crippen molar-refractivity contribution in [1.29, 1.82) is 0 Å². The molecule has 2 aromatic rings. The maximum Gasteiger partial charge on any atom is 0.00937 e. The molecule has 21 heavy (non-hydrogen) atoms. The number of allylic oxidation sites excluding steroid dienone is 5. The van der Waals surface area contributed by atoms with Gasteiger partial charge in [0.15, 0.2) is 0 Å². The van der Waals surface area contributed by atoms with Crippen molar-refractivity contribution in [3.8, 4) is 0 Å². The summed E-state index contributed by atoms with van der Waals surface area (Å²) in [6.45, 7) is 2.34. The molecule has 0 aliphatic heterocycles. The van der Waals surface area contributed by atoms with Crippen LogP contribution >= 0.6 is 0 Å². The van der Waals surface area contributed by atoms with E-state index in [-0.39, 0.29) is 0 Å². The Bertz CT molecular complexity index is 760. The van der Waals surface area contributed by atoms with Crippen LogP contribution in [-0.4, -0.2) is 0 Å². The van der Waals surface area contributed by atoms with Crippen LogP contribution in [0.5, 0.6) is 0 Å². The fraction of sp³-hybridized carbons (Fsp3) is 0.143. The number of fused-ring (bicyclic) bond motifs is 2. The predicted octanol–water partition coefficient (Wildman–Crippen LogP) is 5.35. The van der Waals surface area contributed by atoms with Gasteiger partial charge in [-0.25, -0.2) is 0 Å². The molecule has 0 saturated heterocycles. The lowest BCUT2D eigenvalue weighted by Crippen LogP contribution is -2.19. The molecular formula is C21H18. The molecule has 2 unspecified atom stereocenters. The molecule has 4 rings (SSSR count). The predicted molar refractivity (Wildman–Crippen MR) is 89.1 cm³/mol. The highest BCUT2D eigenvalue weighted by Gasteiger charge is 2.31. The Morgan fingerprint density at radius 3 is 2.43 bits per heavy atom. The SMILES string of the molecule is CC1c2ccccc2C(c2ccccc2)=C2C=CC=CC21. The Morgan fingerprint density at radius 2 is 1.57 bits per heavy atom. The van der Waals surface area contributed by atoms with Crippen LogP contribution in [0.2, 0.25) is 0 Å². The number of hydrogen-bond donors (Lipinski definition) is 0. The minimum absolute atomic E-state index is 0.486. The maximum absolute atomic E-state index is 2.35. The minimum Gasteiger partial charge on any atom is -0.0764 e. The van der Waals surface area contributed by atoms with Gasteiger partial charge in [-0.1, -0.05) is 85.8 Å².